The third kappa shape index (κ3) is 18.8. The Hall–Kier alpha value is -11.8. The van der Waals surface area contributed by atoms with Crippen LogP contribution in [0.3, 0.4) is 0 Å². The summed E-state index contributed by atoms with van der Waals surface area (Å²) in [7, 11) is 0. The molecule has 6 heteroatoms. The number of aryl methyl sites for hydroxylation is 4. The molecule has 0 bridgehead atoms. The normalized spacial score (nSPS) is 13.5. The minimum Gasteiger partial charge on any atom is -0.491 e. The maximum atomic E-state index is 6.53. The number of unbranched alkanes of at least 4 members (excludes halogenated alkanes) is 20. The molecule has 0 unspecified atom stereocenters. The van der Waals surface area contributed by atoms with Crippen LogP contribution in [0, 0.1) is 27.7 Å². The number of hydrogen-bond acceptors (Lipinski definition) is 4. The molecule has 0 saturated heterocycles. The highest BCUT2D eigenvalue weighted by atomic mass is 16.5. The van der Waals surface area contributed by atoms with Gasteiger partial charge in [0.1, 0.15) is 24.7 Å². The van der Waals surface area contributed by atoms with Gasteiger partial charge in [-0.15, -0.1) is 0 Å². The molecule has 0 fully saturated rings. The van der Waals surface area contributed by atoms with Crippen LogP contribution in [0.15, 0.2) is 279 Å². The minimum atomic E-state index is -0.788. The van der Waals surface area contributed by atoms with E-state index in [1.807, 2.05) is 13.8 Å². The van der Waals surface area contributed by atoms with Crippen LogP contribution < -0.4 is 9.47 Å². The van der Waals surface area contributed by atoms with Crippen molar-refractivity contribution in [3.8, 4) is 101 Å². The van der Waals surface area contributed by atoms with Crippen LogP contribution in [-0.4, -0.2) is 48.8 Å². The van der Waals surface area contributed by atoms with E-state index in [1.54, 1.807) is 5.56 Å². The van der Waals surface area contributed by atoms with Crippen LogP contribution >= 0.6 is 0 Å². The predicted molar refractivity (Wildman–Crippen MR) is 581 cm³/mol. The Kier molecular flexibility index (Phi) is 29.3. The molecule has 0 amide bonds. The SMILES string of the molecule is CCCCCCCCC1(CCCCCCCC)c2cc(C)ccc2-c2ccc(-c3ccc4c(c3)C(c3ccc(OCCOCC)cc3)(c3ccc(OCCOCC)cc3)c3cc(-c5ccc6c(c5)C(CCCCCCCC)(CCCCCCCC)c5cc(-c7ccc8c(c7)c7cc(C)ccc7n8-c7ccc(-c8ccc(-n9c%10ccc(C)cc%10c%10cc(C)ccc%109)cc8)cc7)ccc5-6)ccc3-4)cc21. The smallest absolute Gasteiger partial charge is 0.119 e. The van der Waals surface area contributed by atoms with Gasteiger partial charge in [-0.2, -0.15) is 0 Å². The first-order valence-electron chi connectivity index (χ1n) is 53.1. The second-order valence-electron chi connectivity index (χ2n) is 40.5. The molecule has 2 heterocycles. The van der Waals surface area contributed by atoms with Gasteiger partial charge in [0.2, 0.25) is 0 Å². The van der Waals surface area contributed by atoms with E-state index in [2.05, 4.69) is 344 Å². The maximum Gasteiger partial charge on any atom is 0.119 e. The van der Waals surface area contributed by atoms with E-state index in [0.29, 0.717) is 39.6 Å². The van der Waals surface area contributed by atoms with Crippen LogP contribution in [0.2, 0.25) is 0 Å². The van der Waals surface area contributed by atoms with E-state index in [9.17, 15) is 0 Å². The van der Waals surface area contributed by atoms with Gasteiger partial charge in [-0.05, 0) is 317 Å². The summed E-state index contributed by atoms with van der Waals surface area (Å²) < 4.78 is 29.7. The number of ether oxygens (including phenoxy) is 4. The summed E-state index contributed by atoms with van der Waals surface area (Å²) in [5, 5.41) is 5.15. The van der Waals surface area contributed by atoms with Crippen molar-refractivity contribution in [2.75, 3.05) is 39.6 Å². The molecule has 702 valence electrons. The zero-order chi connectivity index (χ0) is 94.0. The third-order valence-electron chi connectivity index (χ3n) is 31.4. The van der Waals surface area contributed by atoms with Gasteiger partial charge in [-0.3, -0.25) is 0 Å². The predicted octanol–water partition coefficient (Wildman–Crippen LogP) is 36.5. The van der Waals surface area contributed by atoms with Crippen LogP contribution in [0.25, 0.3) is 133 Å². The highest BCUT2D eigenvalue weighted by Crippen LogP contribution is 2.62. The zero-order valence-corrected chi connectivity index (χ0v) is 83.6. The van der Waals surface area contributed by atoms with Gasteiger partial charge in [-0.1, -0.05) is 356 Å². The number of benzene rings is 14. The van der Waals surface area contributed by atoms with Gasteiger partial charge in [0.15, 0.2) is 0 Å². The first-order valence-corrected chi connectivity index (χ1v) is 53.1. The van der Waals surface area contributed by atoms with Crippen molar-refractivity contribution in [3.63, 3.8) is 0 Å². The van der Waals surface area contributed by atoms with E-state index in [-0.39, 0.29) is 10.8 Å². The van der Waals surface area contributed by atoms with Crippen LogP contribution in [0.1, 0.15) is 288 Å². The largest absolute Gasteiger partial charge is 0.491 e. The Morgan fingerprint density at radius 2 is 0.474 bits per heavy atom. The Bertz CT molecular complexity index is 6770. The summed E-state index contributed by atoms with van der Waals surface area (Å²) in [4.78, 5) is 0. The van der Waals surface area contributed by atoms with Gasteiger partial charge in [0, 0.05) is 57.0 Å². The van der Waals surface area contributed by atoms with Gasteiger partial charge in [-0.25, -0.2) is 0 Å². The number of rotatable bonds is 46. The second-order valence-corrected chi connectivity index (χ2v) is 40.5. The van der Waals surface area contributed by atoms with Crippen molar-refractivity contribution in [1.29, 1.82) is 0 Å². The van der Waals surface area contributed by atoms with Crippen LogP contribution in [0.5, 0.6) is 11.5 Å². The maximum absolute atomic E-state index is 6.53. The Labute approximate surface area is 817 Å². The van der Waals surface area contributed by atoms with Gasteiger partial charge >= 0.3 is 0 Å². The standard InChI is InChI=1S/C131H144N2O4/c1-11-17-21-25-29-33-73-129(74-34-30-26-22-18-12-2)119-84-94(10)37-63-109(119)110-65-46-99(87-120(110)129)101-48-67-113-114-68-49-102(90-124(114)131(123(113)89-101,103-51-59-107(60-52-103)136-79-77-134-15-5)104-53-61-108(62-54-104)137-80-78-135-16-6)100-47-66-112-111-64-45-98(86-121(111)130(122(112)88-100,75-35-31-27-23-19-13-3)76-36-32-28-24-20-14-4)97-50-72-128-118(85-97)117-83-93(9)40-71-127(117)133(128)106-57-43-96(44-58-106)95-41-55-105(56-42-95)132-125-69-38-91(7)81-115(125)116-82-92(8)39-70-126(116)132/h37-72,81-90H,11-36,73-80H2,1-10H3. The van der Waals surface area contributed by atoms with E-state index in [4.69, 9.17) is 18.9 Å². The number of hydrogen-bond donors (Lipinski definition) is 0. The summed E-state index contributed by atoms with van der Waals surface area (Å²) in [5.41, 5.74) is 40.5. The molecule has 3 aliphatic rings. The van der Waals surface area contributed by atoms with E-state index >= 15 is 0 Å². The lowest BCUT2D eigenvalue weighted by molar-refractivity contribution is 0.110. The summed E-state index contributed by atoms with van der Waals surface area (Å²) in [6, 6.07) is 110. The second kappa shape index (κ2) is 42.7. The molecule has 16 aromatic rings. The van der Waals surface area contributed by atoms with E-state index in [0.717, 1.165) is 30.0 Å². The average Bonchev–Trinajstić information content (AvgIpc) is 1.53. The van der Waals surface area contributed by atoms with Crippen LogP contribution in [-0.2, 0) is 25.7 Å². The van der Waals surface area contributed by atoms with Crippen molar-refractivity contribution >= 4 is 43.6 Å². The van der Waals surface area contributed by atoms with Gasteiger partial charge in [0.25, 0.3) is 0 Å². The molecule has 2 aromatic heterocycles. The van der Waals surface area contributed by atoms with Crippen molar-refractivity contribution < 1.29 is 18.9 Å². The summed E-state index contributed by atoms with van der Waals surface area (Å²) in [6.07, 6.45) is 35.0. The van der Waals surface area contributed by atoms with Crippen molar-refractivity contribution in [3.05, 3.63) is 346 Å². The lowest BCUT2D eigenvalue weighted by Gasteiger charge is -2.35. The molecule has 14 aromatic carbocycles. The first-order chi connectivity index (χ1) is 67.3. The lowest BCUT2D eigenvalue weighted by atomic mass is 9.67. The molecule has 6 nitrogen and oxygen atoms in total. The van der Waals surface area contributed by atoms with Gasteiger partial charge < -0.3 is 28.1 Å². The number of aromatic nitrogens is 2. The molecule has 0 N–H and O–H groups in total. The van der Waals surface area contributed by atoms with Gasteiger partial charge in [0.05, 0.1) is 40.7 Å². The number of nitrogens with zero attached hydrogens (tertiary/aromatic N) is 2. The topological polar surface area (TPSA) is 46.8 Å². The molecular weight excluding hydrogens is 1670 g/mol. The van der Waals surface area contributed by atoms with Crippen LogP contribution in [0.4, 0.5) is 0 Å². The number of fused-ring (bicyclic) bond motifs is 15. The first kappa shape index (κ1) is 94.2. The fourth-order valence-electron chi connectivity index (χ4n) is 24.3. The molecular formula is C131H144N2O4. The monoisotopic (exact) mass is 1810 g/mol. The molecule has 0 spiro atoms. The summed E-state index contributed by atoms with van der Waals surface area (Å²) in [6.45, 7) is 25.7. The third-order valence-corrected chi connectivity index (χ3v) is 31.4. The molecule has 3 aliphatic carbocycles. The summed E-state index contributed by atoms with van der Waals surface area (Å²) >= 11 is 0. The molecule has 0 saturated carbocycles. The van der Waals surface area contributed by atoms with Crippen molar-refractivity contribution in [2.24, 2.45) is 0 Å². The van der Waals surface area contributed by atoms with Crippen molar-refractivity contribution in [2.45, 2.75) is 265 Å². The average molecular weight is 1810 g/mol. The molecule has 0 radical (unpaired) electrons. The zero-order valence-electron chi connectivity index (χ0n) is 83.6. The minimum absolute atomic E-state index is 0.0653. The summed E-state index contributed by atoms with van der Waals surface area (Å²) in [5.74, 6) is 1.66. The molecule has 0 atom stereocenters. The van der Waals surface area contributed by atoms with Crippen molar-refractivity contribution in [1.82, 2.24) is 9.13 Å². The fraction of sp³-hybridized carbons (Fsp3) is 0.359. The Morgan fingerprint density at radius 1 is 0.219 bits per heavy atom. The Balaban J connectivity index is 0.717. The molecule has 0 aliphatic heterocycles. The quantitative estimate of drug-likeness (QED) is 0.0357. The lowest BCUT2D eigenvalue weighted by Crippen LogP contribution is -2.28. The molecule has 137 heavy (non-hydrogen) atoms. The highest BCUT2D eigenvalue weighted by Gasteiger charge is 2.49. The fourth-order valence-corrected chi connectivity index (χ4v) is 24.3. The highest BCUT2D eigenvalue weighted by molar-refractivity contribution is 6.12. The Morgan fingerprint density at radius 3 is 0.810 bits per heavy atom. The van der Waals surface area contributed by atoms with E-state index < -0.39 is 5.41 Å². The molecule has 19 rings (SSSR count). The van der Waals surface area contributed by atoms with E-state index in [1.165, 1.54) is 355 Å².